The van der Waals surface area contributed by atoms with Crippen LogP contribution >= 0.6 is 0 Å². The molecule has 18 heavy (non-hydrogen) atoms. The normalized spacial score (nSPS) is 11.7. The van der Waals surface area contributed by atoms with Crippen molar-refractivity contribution in [2.45, 2.75) is 13.3 Å². The highest BCUT2D eigenvalue weighted by Gasteiger charge is 2.12. The van der Waals surface area contributed by atoms with E-state index >= 15 is 0 Å². The first-order valence-electron chi connectivity index (χ1n) is 5.84. The Morgan fingerprint density at radius 1 is 1.44 bits per heavy atom. The largest absolute Gasteiger partial charge is 0.397 e. The van der Waals surface area contributed by atoms with Crippen LogP contribution in [-0.2, 0) is 10.0 Å². The third-order valence-corrected chi connectivity index (χ3v) is 3.88. The van der Waals surface area contributed by atoms with Crippen molar-refractivity contribution in [2.24, 2.45) is 0 Å². The van der Waals surface area contributed by atoms with Crippen molar-refractivity contribution in [2.75, 3.05) is 36.9 Å². The summed E-state index contributed by atoms with van der Waals surface area (Å²) in [7, 11) is -3.09. The van der Waals surface area contributed by atoms with E-state index in [2.05, 4.69) is 10.3 Å². The SMILES string of the molecule is CCN(CCCNc1ccc(N)cn1)S(C)(=O)=O. The van der Waals surface area contributed by atoms with Crippen LogP contribution in [0.5, 0.6) is 0 Å². The van der Waals surface area contributed by atoms with Crippen molar-refractivity contribution in [1.29, 1.82) is 0 Å². The van der Waals surface area contributed by atoms with Crippen molar-refractivity contribution in [3.63, 3.8) is 0 Å². The summed E-state index contributed by atoms with van der Waals surface area (Å²) in [5.41, 5.74) is 6.14. The quantitative estimate of drug-likeness (QED) is 0.715. The van der Waals surface area contributed by atoms with Crippen molar-refractivity contribution in [3.8, 4) is 0 Å². The zero-order chi connectivity index (χ0) is 13.6. The molecule has 102 valence electrons. The van der Waals surface area contributed by atoms with Gasteiger partial charge in [0.15, 0.2) is 0 Å². The van der Waals surface area contributed by atoms with E-state index in [9.17, 15) is 8.42 Å². The highest BCUT2D eigenvalue weighted by molar-refractivity contribution is 7.88. The monoisotopic (exact) mass is 272 g/mol. The van der Waals surface area contributed by atoms with Crippen molar-refractivity contribution < 1.29 is 8.42 Å². The maximum absolute atomic E-state index is 11.3. The summed E-state index contributed by atoms with van der Waals surface area (Å²) >= 11 is 0. The van der Waals surface area contributed by atoms with Crippen LogP contribution in [0, 0.1) is 0 Å². The zero-order valence-electron chi connectivity index (χ0n) is 10.8. The van der Waals surface area contributed by atoms with E-state index < -0.39 is 10.0 Å². The number of nitrogens with zero attached hydrogens (tertiary/aromatic N) is 2. The summed E-state index contributed by atoms with van der Waals surface area (Å²) in [6.07, 6.45) is 3.54. The van der Waals surface area contributed by atoms with Crippen LogP contribution in [0.2, 0.25) is 0 Å². The maximum atomic E-state index is 11.3. The average Bonchev–Trinajstić information content (AvgIpc) is 2.30. The first kappa shape index (κ1) is 14.7. The van der Waals surface area contributed by atoms with Gasteiger partial charge in [0.25, 0.3) is 0 Å². The van der Waals surface area contributed by atoms with Gasteiger partial charge in [-0.25, -0.2) is 17.7 Å². The van der Waals surface area contributed by atoms with Gasteiger partial charge in [0, 0.05) is 19.6 Å². The van der Waals surface area contributed by atoms with Gasteiger partial charge in [-0.05, 0) is 18.6 Å². The molecule has 0 unspecified atom stereocenters. The van der Waals surface area contributed by atoms with Gasteiger partial charge in [0.05, 0.1) is 18.1 Å². The Kier molecular flexibility index (Phi) is 5.36. The van der Waals surface area contributed by atoms with Crippen molar-refractivity contribution in [3.05, 3.63) is 18.3 Å². The number of aromatic nitrogens is 1. The minimum absolute atomic E-state index is 0.499. The molecule has 6 nitrogen and oxygen atoms in total. The van der Waals surface area contributed by atoms with Gasteiger partial charge in [-0.3, -0.25) is 0 Å². The number of nitrogen functional groups attached to an aromatic ring is 1. The molecule has 0 aliphatic carbocycles. The summed E-state index contributed by atoms with van der Waals surface area (Å²) in [4.78, 5) is 4.10. The van der Waals surface area contributed by atoms with Crippen LogP contribution < -0.4 is 11.1 Å². The molecule has 0 saturated carbocycles. The van der Waals surface area contributed by atoms with E-state index in [0.29, 0.717) is 25.3 Å². The van der Waals surface area contributed by atoms with Crippen LogP contribution in [0.3, 0.4) is 0 Å². The number of nitrogens with one attached hydrogen (secondary N) is 1. The standard InChI is InChI=1S/C11H20N4O2S/c1-3-15(18(2,16)17)8-4-7-13-11-6-5-10(12)9-14-11/h5-6,9H,3-4,7-8,12H2,1-2H3,(H,13,14). The lowest BCUT2D eigenvalue weighted by Gasteiger charge is -2.17. The van der Waals surface area contributed by atoms with Gasteiger partial charge in [-0.2, -0.15) is 0 Å². The Bertz CT molecular complexity index is 458. The molecule has 0 bridgehead atoms. The van der Waals surface area contributed by atoms with Crippen molar-refractivity contribution in [1.82, 2.24) is 9.29 Å². The van der Waals surface area contributed by atoms with Gasteiger partial charge in [0.2, 0.25) is 10.0 Å². The highest BCUT2D eigenvalue weighted by Crippen LogP contribution is 2.06. The Hall–Kier alpha value is -1.34. The molecule has 0 aliphatic heterocycles. The lowest BCUT2D eigenvalue weighted by atomic mass is 10.4. The predicted octanol–water partition coefficient (Wildman–Crippen LogP) is 0.747. The Morgan fingerprint density at radius 3 is 2.67 bits per heavy atom. The molecular formula is C11H20N4O2S. The summed E-state index contributed by atoms with van der Waals surface area (Å²) in [5.74, 6) is 0.742. The summed E-state index contributed by atoms with van der Waals surface area (Å²) in [6.45, 7) is 3.51. The molecule has 0 amide bonds. The molecule has 1 heterocycles. The van der Waals surface area contributed by atoms with Crippen molar-refractivity contribution >= 4 is 21.5 Å². The minimum Gasteiger partial charge on any atom is -0.397 e. The summed E-state index contributed by atoms with van der Waals surface area (Å²) in [6, 6.07) is 3.56. The number of sulfonamides is 1. The topological polar surface area (TPSA) is 88.3 Å². The molecule has 0 atom stereocenters. The fourth-order valence-corrected chi connectivity index (χ4v) is 2.47. The Labute approximate surface area is 108 Å². The molecule has 7 heteroatoms. The maximum Gasteiger partial charge on any atom is 0.211 e. The first-order chi connectivity index (χ1) is 8.43. The second-order valence-electron chi connectivity index (χ2n) is 4.01. The molecule has 1 rings (SSSR count). The second kappa shape index (κ2) is 6.55. The lowest BCUT2D eigenvalue weighted by Crippen LogP contribution is -2.31. The van der Waals surface area contributed by atoms with E-state index in [1.807, 2.05) is 6.92 Å². The highest BCUT2D eigenvalue weighted by atomic mass is 32.2. The van der Waals surface area contributed by atoms with Crippen LogP contribution in [0.15, 0.2) is 18.3 Å². The van der Waals surface area contributed by atoms with Crippen LogP contribution in [0.1, 0.15) is 13.3 Å². The molecule has 0 aliphatic rings. The van der Waals surface area contributed by atoms with E-state index in [4.69, 9.17) is 5.73 Å². The van der Waals surface area contributed by atoms with Crippen LogP contribution in [0.25, 0.3) is 0 Å². The van der Waals surface area contributed by atoms with Gasteiger partial charge >= 0.3 is 0 Å². The third-order valence-electron chi connectivity index (χ3n) is 2.50. The molecule has 3 N–H and O–H groups in total. The van der Waals surface area contributed by atoms with E-state index in [-0.39, 0.29) is 0 Å². The van der Waals surface area contributed by atoms with Crippen LogP contribution in [0.4, 0.5) is 11.5 Å². The van der Waals surface area contributed by atoms with Gasteiger partial charge in [-0.1, -0.05) is 6.92 Å². The molecule has 0 fully saturated rings. The van der Waals surface area contributed by atoms with Gasteiger partial charge in [-0.15, -0.1) is 0 Å². The number of anilines is 2. The summed E-state index contributed by atoms with van der Waals surface area (Å²) < 4.78 is 24.1. The molecule has 1 aromatic rings. The molecule has 1 aromatic heterocycles. The number of hydrogen-bond acceptors (Lipinski definition) is 5. The average molecular weight is 272 g/mol. The molecule has 0 saturated heterocycles. The molecular weight excluding hydrogens is 252 g/mol. The smallest absolute Gasteiger partial charge is 0.211 e. The number of pyridine rings is 1. The fourth-order valence-electron chi connectivity index (χ4n) is 1.54. The van der Waals surface area contributed by atoms with Crippen LogP contribution in [-0.4, -0.2) is 43.6 Å². The number of nitrogens with two attached hydrogens (primary N) is 1. The van der Waals surface area contributed by atoms with E-state index in [1.54, 1.807) is 18.3 Å². The third kappa shape index (κ3) is 4.89. The van der Waals surface area contributed by atoms with E-state index in [0.717, 1.165) is 12.2 Å². The number of hydrogen-bond donors (Lipinski definition) is 2. The van der Waals surface area contributed by atoms with Gasteiger partial charge in [0.1, 0.15) is 5.82 Å². The molecule has 0 spiro atoms. The van der Waals surface area contributed by atoms with E-state index in [1.165, 1.54) is 10.6 Å². The second-order valence-corrected chi connectivity index (χ2v) is 5.99. The lowest BCUT2D eigenvalue weighted by molar-refractivity contribution is 0.428. The van der Waals surface area contributed by atoms with Gasteiger partial charge < -0.3 is 11.1 Å². The Balaban J connectivity index is 2.32. The summed E-state index contributed by atoms with van der Waals surface area (Å²) in [5, 5.41) is 3.11. The minimum atomic E-state index is -3.09. The molecule has 0 radical (unpaired) electrons. The number of rotatable bonds is 7. The predicted molar refractivity (Wildman–Crippen MR) is 73.8 cm³/mol. The molecule has 0 aromatic carbocycles. The fraction of sp³-hybridized carbons (Fsp3) is 0.545. The zero-order valence-corrected chi connectivity index (χ0v) is 11.6. The first-order valence-corrected chi connectivity index (χ1v) is 7.69. The Morgan fingerprint density at radius 2 is 2.17 bits per heavy atom.